The molecule has 6 heteroatoms. The first-order valence-electron chi connectivity index (χ1n) is 6.81. The number of hydrogen-bond acceptors (Lipinski definition) is 4. The SMILES string of the molecule is CCOC(OCC)c1ccccc1/C=C1\NC(=O)NC1=O. The van der Waals surface area contributed by atoms with Crippen LogP contribution in [0.1, 0.15) is 31.3 Å². The Hall–Kier alpha value is -2.18. The molecule has 1 aliphatic rings. The summed E-state index contributed by atoms with van der Waals surface area (Å²) in [5.74, 6) is -0.445. The zero-order valence-corrected chi connectivity index (χ0v) is 12.0. The van der Waals surface area contributed by atoms with Crippen molar-refractivity contribution in [1.29, 1.82) is 0 Å². The van der Waals surface area contributed by atoms with Gasteiger partial charge in [-0.25, -0.2) is 4.79 Å². The van der Waals surface area contributed by atoms with E-state index in [0.29, 0.717) is 13.2 Å². The highest BCUT2D eigenvalue weighted by atomic mass is 16.7. The van der Waals surface area contributed by atoms with Gasteiger partial charge in [-0.15, -0.1) is 0 Å². The van der Waals surface area contributed by atoms with Crippen molar-refractivity contribution in [3.8, 4) is 0 Å². The van der Waals surface area contributed by atoms with Crippen LogP contribution in [0.5, 0.6) is 0 Å². The number of ether oxygens (including phenoxy) is 2. The first kappa shape index (κ1) is 15.2. The van der Waals surface area contributed by atoms with Gasteiger partial charge in [-0.3, -0.25) is 10.1 Å². The number of hydrogen-bond donors (Lipinski definition) is 2. The number of rotatable bonds is 6. The molecule has 1 fully saturated rings. The molecule has 0 aromatic heterocycles. The third kappa shape index (κ3) is 3.68. The normalized spacial score (nSPS) is 16.4. The summed E-state index contributed by atoms with van der Waals surface area (Å²) in [5, 5.41) is 4.63. The minimum absolute atomic E-state index is 0.208. The van der Waals surface area contributed by atoms with Crippen molar-refractivity contribution < 1.29 is 19.1 Å². The molecule has 3 amide bonds. The van der Waals surface area contributed by atoms with Crippen LogP contribution in [0.25, 0.3) is 6.08 Å². The van der Waals surface area contributed by atoms with Crippen molar-refractivity contribution >= 4 is 18.0 Å². The molecule has 1 heterocycles. The molecule has 0 radical (unpaired) electrons. The second-order valence-electron chi connectivity index (χ2n) is 4.34. The van der Waals surface area contributed by atoms with Gasteiger partial charge < -0.3 is 14.8 Å². The molecule has 1 saturated heterocycles. The summed E-state index contributed by atoms with van der Waals surface area (Å²) >= 11 is 0. The number of imide groups is 1. The molecule has 112 valence electrons. The molecular formula is C15H18N2O4. The first-order chi connectivity index (χ1) is 10.2. The van der Waals surface area contributed by atoms with E-state index in [1.54, 1.807) is 6.08 Å². The fourth-order valence-electron chi connectivity index (χ4n) is 2.03. The van der Waals surface area contributed by atoms with Crippen LogP contribution in [-0.4, -0.2) is 25.2 Å². The summed E-state index contributed by atoms with van der Waals surface area (Å²) in [4.78, 5) is 22.7. The molecule has 0 spiro atoms. The van der Waals surface area contributed by atoms with Crippen LogP contribution in [0, 0.1) is 0 Å². The van der Waals surface area contributed by atoms with Gasteiger partial charge in [-0.1, -0.05) is 24.3 Å². The highest BCUT2D eigenvalue weighted by molar-refractivity contribution is 6.14. The molecule has 0 aliphatic carbocycles. The molecule has 1 aromatic carbocycles. The lowest BCUT2D eigenvalue weighted by atomic mass is 10.1. The maximum Gasteiger partial charge on any atom is 0.326 e. The average molecular weight is 290 g/mol. The first-order valence-corrected chi connectivity index (χ1v) is 6.81. The summed E-state index contributed by atoms with van der Waals surface area (Å²) < 4.78 is 11.2. The Bertz CT molecular complexity index is 563. The van der Waals surface area contributed by atoms with Crippen LogP contribution in [0.2, 0.25) is 0 Å². The maximum atomic E-state index is 11.6. The number of urea groups is 1. The zero-order chi connectivity index (χ0) is 15.2. The summed E-state index contributed by atoms with van der Waals surface area (Å²) in [6, 6.07) is 6.91. The molecule has 21 heavy (non-hydrogen) atoms. The molecular weight excluding hydrogens is 272 g/mol. The highest BCUT2D eigenvalue weighted by Gasteiger charge is 2.24. The predicted molar refractivity (Wildman–Crippen MR) is 77.1 cm³/mol. The van der Waals surface area contributed by atoms with Crippen LogP contribution < -0.4 is 10.6 Å². The van der Waals surface area contributed by atoms with Crippen molar-refractivity contribution in [1.82, 2.24) is 10.6 Å². The van der Waals surface area contributed by atoms with Crippen molar-refractivity contribution in [2.75, 3.05) is 13.2 Å². The summed E-state index contributed by atoms with van der Waals surface area (Å²) in [5.41, 5.74) is 1.78. The topological polar surface area (TPSA) is 76.7 Å². The van der Waals surface area contributed by atoms with Crippen LogP contribution >= 0.6 is 0 Å². The second-order valence-corrected chi connectivity index (χ2v) is 4.34. The van der Waals surface area contributed by atoms with Gasteiger partial charge in [0.2, 0.25) is 0 Å². The van der Waals surface area contributed by atoms with E-state index >= 15 is 0 Å². The van der Waals surface area contributed by atoms with Crippen molar-refractivity contribution in [2.24, 2.45) is 0 Å². The smallest absolute Gasteiger partial charge is 0.326 e. The quantitative estimate of drug-likeness (QED) is 0.477. The third-order valence-electron chi connectivity index (χ3n) is 2.91. The minimum Gasteiger partial charge on any atom is -0.349 e. The number of amides is 3. The maximum absolute atomic E-state index is 11.6. The van der Waals surface area contributed by atoms with E-state index in [2.05, 4.69) is 10.6 Å². The Morgan fingerprint density at radius 2 is 1.76 bits per heavy atom. The molecule has 0 bridgehead atoms. The van der Waals surface area contributed by atoms with Gasteiger partial charge in [-0.2, -0.15) is 0 Å². The summed E-state index contributed by atoms with van der Waals surface area (Å²) in [7, 11) is 0. The van der Waals surface area contributed by atoms with Crippen LogP contribution in [0.3, 0.4) is 0 Å². The lowest BCUT2D eigenvalue weighted by molar-refractivity contribution is -0.140. The summed E-state index contributed by atoms with van der Waals surface area (Å²) in [6.07, 6.45) is 1.11. The molecule has 0 atom stereocenters. The lowest BCUT2D eigenvalue weighted by Gasteiger charge is -2.19. The molecule has 2 rings (SSSR count). The van der Waals surface area contributed by atoms with Gasteiger partial charge >= 0.3 is 6.03 Å². The van der Waals surface area contributed by atoms with Crippen molar-refractivity contribution in [3.63, 3.8) is 0 Å². The van der Waals surface area contributed by atoms with Gasteiger partial charge in [0.05, 0.1) is 0 Å². The molecule has 0 saturated carbocycles. The van der Waals surface area contributed by atoms with E-state index in [9.17, 15) is 9.59 Å². The average Bonchev–Trinajstić information content (AvgIpc) is 2.77. The number of carbonyl (C=O) groups is 2. The number of benzene rings is 1. The van der Waals surface area contributed by atoms with Crippen molar-refractivity contribution in [2.45, 2.75) is 20.1 Å². The van der Waals surface area contributed by atoms with Crippen LogP contribution in [-0.2, 0) is 14.3 Å². The van der Waals surface area contributed by atoms with Gasteiger partial charge in [-0.05, 0) is 25.5 Å². The Morgan fingerprint density at radius 3 is 2.33 bits per heavy atom. The number of nitrogens with one attached hydrogen (secondary N) is 2. The molecule has 2 N–H and O–H groups in total. The Morgan fingerprint density at radius 1 is 1.10 bits per heavy atom. The number of carbonyl (C=O) groups excluding carboxylic acids is 2. The van der Waals surface area contributed by atoms with E-state index in [1.807, 2.05) is 38.1 Å². The van der Waals surface area contributed by atoms with Gasteiger partial charge in [0.1, 0.15) is 5.70 Å². The van der Waals surface area contributed by atoms with Crippen LogP contribution in [0.15, 0.2) is 30.0 Å². The second kappa shape index (κ2) is 7.01. The molecule has 6 nitrogen and oxygen atoms in total. The standard InChI is InChI=1S/C15H18N2O4/c1-3-20-14(21-4-2)11-8-6-5-7-10(11)9-12-13(18)17-15(19)16-12/h5-9,14H,3-4H2,1-2H3,(H2,16,17,18,19)/b12-9-. The van der Waals surface area contributed by atoms with E-state index in [4.69, 9.17) is 9.47 Å². The minimum atomic E-state index is -0.519. The largest absolute Gasteiger partial charge is 0.349 e. The molecule has 1 aromatic rings. The third-order valence-corrected chi connectivity index (χ3v) is 2.91. The van der Waals surface area contributed by atoms with E-state index in [0.717, 1.165) is 11.1 Å². The Labute approximate surface area is 123 Å². The summed E-state index contributed by atoms with van der Waals surface area (Å²) in [6.45, 7) is 4.79. The van der Waals surface area contributed by atoms with E-state index in [-0.39, 0.29) is 5.70 Å². The van der Waals surface area contributed by atoms with Gasteiger partial charge in [0, 0.05) is 18.8 Å². The fourth-order valence-corrected chi connectivity index (χ4v) is 2.03. The zero-order valence-electron chi connectivity index (χ0n) is 12.0. The van der Waals surface area contributed by atoms with Gasteiger partial charge in [0.25, 0.3) is 5.91 Å². The lowest BCUT2D eigenvalue weighted by Crippen LogP contribution is -2.22. The Kier molecular flexibility index (Phi) is 5.08. The predicted octanol–water partition coefficient (Wildman–Crippen LogP) is 1.94. The van der Waals surface area contributed by atoms with E-state index < -0.39 is 18.2 Å². The Balaban J connectivity index is 2.34. The van der Waals surface area contributed by atoms with E-state index in [1.165, 1.54) is 0 Å². The van der Waals surface area contributed by atoms with Crippen molar-refractivity contribution in [3.05, 3.63) is 41.1 Å². The molecule has 0 unspecified atom stereocenters. The monoisotopic (exact) mass is 290 g/mol. The van der Waals surface area contributed by atoms with Crippen LogP contribution in [0.4, 0.5) is 4.79 Å². The fraction of sp³-hybridized carbons (Fsp3) is 0.333. The van der Waals surface area contributed by atoms with Gasteiger partial charge in [0.15, 0.2) is 6.29 Å². The molecule has 1 aliphatic heterocycles. The highest BCUT2D eigenvalue weighted by Crippen LogP contribution is 2.24.